The molecule has 0 spiro atoms. The van der Waals surface area contributed by atoms with Gasteiger partial charge in [-0.25, -0.2) is 0 Å². The van der Waals surface area contributed by atoms with Gasteiger partial charge < -0.3 is 9.63 Å². The van der Waals surface area contributed by atoms with E-state index in [1.54, 1.807) is 0 Å². The number of hydrogen-bond donors (Lipinski definition) is 1. The van der Waals surface area contributed by atoms with E-state index in [2.05, 4.69) is 10.1 Å². The van der Waals surface area contributed by atoms with Gasteiger partial charge in [-0.1, -0.05) is 19.0 Å². The molecule has 0 unspecified atom stereocenters. The number of hydrogen-bond acceptors (Lipinski definition) is 4. The highest BCUT2D eigenvalue weighted by Crippen LogP contribution is 2.45. The summed E-state index contributed by atoms with van der Waals surface area (Å²) in [5, 5.41) is 13.1. The highest BCUT2D eigenvalue weighted by Gasteiger charge is 2.38. The summed E-state index contributed by atoms with van der Waals surface area (Å²) in [5.74, 6) is 0.642. The Kier molecular flexibility index (Phi) is 4.85. The van der Waals surface area contributed by atoms with Gasteiger partial charge in [-0.15, -0.1) is 0 Å². The summed E-state index contributed by atoms with van der Waals surface area (Å²) >= 11 is 0. The highest BCUT2D eigenvalue weighted by atomic mass is 19.4. The first-order valence-corrected chi connectivity index (χ1v) is 7.14. The Bertz CT molecular complexity index is 634. The van der Waals surface area contributed by atoms with Gasteiger partial charge in [-0.2, -0.15) is 13.2 Å². The second-order valence-electron chi connectivity index (χ2n) is 4.70. The van der Waals surface area contributed by atoms with Crippen molar-refractivity contribution in [2.75, 3.05) is 0 Å². The van der Waals surface area contributed by atoms with Crippen molar-refractivity contribution < 1.29 is 22.8 Å². The first-order valence-electron chi connectivity index (χ1n) is 7.14. The maximum absolute atomic E-state index is 13.0. The molecule has 3 rings (SSSR count). The summed E-state index contributed by atoms with van der Waals surface area (Å²) in [6, 6.07) is 2.68. The molecule has 0 bridgehead atoms. The largest absolute Gasteiger partial charge is 0.434 e. The van der Waals surface area contributed by atoms with Gasteiger partial charge in [-0.05, 0) is 25.0 Å². The van der Waals surface area contributed by atoms with E-state index in [0.717, 1.165) is 19.0 Å². The first-order chi connectivity index (χ1) is 10.5. The van der Waals surface area contributed by atoms with Crippen LogP contribution >= 0.6 is 0 Å². The molecule has 0 atom stereocenters. The summed E-state index contributed by atoms with van der Waals surface area (Å²) in [7, 11) is 0. The topological polar surface area (TPSA) is 59.2 Å². The predicted molar refractivity (Wildman–Crippen MR) is 74.0 cm³/mol. The van der Waals surface area contributed by atoms with Crippen LogP contribution in [0.2, 0.25) is 0 Å². The third-order valence-electron chi connectivity index (χ3n) is 3.26. The number of halogens is 3. The van der Waals surface area contributed by atoms with Crippen LogP contribution in [0.25, 0.3) is 11.3 Å². The molecule has 0 aliphatic heterocycles. The SMILES string of the molecule is CC.OCc1c(-c2cccnc2C(F)(F)F)noc1C1CC1. The summed E-state index contributed by atoms with van der Waals surface area (Å²) in [5.41, 5.74) is -0.842. The number of aliphatic hydroxyl groups is 1. The smallest absolute Gasteiger partial charge is 0.391 e. The van der Waals surface area contributed by atoms with Crippen molar-refractivity contribution in [3.8, 4) is 11.3 Å². The van der Waals surface area contributed by atoms with Crippen LogP contribution < -0.4 is 0 Å². The fraction of sp³-hybridized carbons (Fsp3) is 0.467. The standard InChI is InChI=1S/C13H11F3N2O2.C2H6/c14-13(15,16)12-8(2-1-5-17-12)10-9(6-19)11(20-18-10)7-3-4-7;1-2/h1-2,5,7,19H,3-4,6H2;1-2H3. The minimum absolute atomic E-state index is 0.0230. The fourth-order valence-electron chi connectivity index (χ4n) is 2.17. The van der Waals surface area contributed by atoms with E-state index in [9.17, 15) is 18.3 Å². The Morgan fingerprint density at radius 1 is 1.32 bits per heavy atom. The van der Waals surface area contributed by atoms with E-state index >= 15 is 0 Å². The summed E-state index contributed by atoms with van der Waals surface area (Å²) in [4.78, 5) is 3.38. The van der Waals surface area contributed by atoms with E-state index in [0.29, 0.717) is 11.3 Å². The Balaban J connectivity index is 0.000000847. The molecular weight excluding hydrogens is 297 g/mol. The van der Waals surface area contributed by atoms with Crippen LogP contribution in [-0.2, 0) is 12.8 Å². The van der Waals surface area contributed by atoms with Crippen molar-refractivity contribution in [3.05, 3.63) is 35.3 Å². The summed E-state index contributed by atoms with van der Waals surface area (Å²) in [6.45, 7) is 3.59. The molecule has 7 heteroatoms. The van der Waals surface area contributed by atoms with Gasteiger partial charge in [0.1, 0.15) is 11.5 Å². The molecule has 0 radical (unpaired) electrons. The number of pyridine rings is 1. The molecule has 1 aliphatic rings. The zero-order chi connectivity index (χ0) is 16.3. The molecule has 4 nitrogen and oxygen atoms in total. The molecule has 120 valence electrons. The predicted octanol–water partition coefficient (Wildman–Crippen LogP) is 4.15. The van der Waals surface area contributed by atoms with E-state index in [1.807, 2.05) is 13.8 Å². The average molecular weight is 314 g/mol. The van der Waals surface area contributed by atoms with Crippen molar-refractivity contribution in [1.29, 1.82) is 0 Å². The van der Waals surface area contributed by atoms with Crippen molar-refractivity contribution >= 4 is 0 Å². The number of alkyl halides is 3. The van der Waals surface area contributed by atoms with E-state index in [1.165, 1.54) is 12.1 Å². The summed E-state index contributed by atoms with van der Waals surface area (Å²) in [6.07, 6.45) is -1.70. The zero-order valence-electron chi connectivity index (χ0n) is 12.3. The molecule has 0 saturated heterocycles. The second kappa shape index (κ2) is 6.48. The van der Waals surface area contributed by atoms with Gasteiger partial charge in [0.15, 0.2) is 5.69 Å². The maximum atomic E-state index is 13.0. The minimum atomic E-state index is -4.58. The van der Waals surface area contributed by atoms with Crippen molar-refractivity contribution in [2.45, 2.75) is 45.4 Å². The molecule has 1 N–H and O–H groups in total. The Morgan fingerprint density at radius 2 is 2.00 bits per heavy atom. The second-order valence-corrected chi connectivity index (χ2v) is 4.70. The maximum Gasteiger partial charge on any atom is 0.434 e. The van der Waals surface area contributed by atoms with Crippen molar-refractivity contribution in [3.63, 3.8) is 0 Å². The normalized spacial score (nSPS) is 14.5. The van der Waals surface area contributed by atoms with Gasteiger partial charge >= 0.3 is 6.18 Å². The molecule has 2 aromatic heterocycles. The van der Waals surface area contributed by atoms with Crippen LogP contribution in [0.5, 0.6) is 0 Å². The molecule has 2 aromatic rings. The van der Waals surface area contributed by atoms with Gasteiger partial charge in [0.05, 0.1) is 6.61 Å². The third-order valence-corrected chi connectivity index (χ3v) is 3.26. The number of nitrogens with zero attached hydrogens (tertiary/aromatic N) is 2. The minimum Gasteiger partial charge on any atom is -0.391 e. The molecular formula is C15H17F3N2O2. The van der Waals surface area contributed by atoms with Crippen LogP contribution in [0, 0.1) is 0 Å². The van der Waals surface area contributed by atoms with Crippen LogP contribution in [0.1, 0.15) is 49.6 Å². The van der Waals surface area contributed by atoms with E-state index in [-0.39, 0.29) is 17.2 Å². The molecule has 1 saturated carbocycles. The van der Waals surface area contributed by atoms with Gasteiger partial charge in [-0.3, -0.25) is 4.98 Å². The van der Waals surface area contributed by atoms with Crippen molar-refractivity contribution in [1.82, 2.24) is 10.1 Å². The fourth-order valence-corrected chi connectivity index (χ4v) is 2.17. The van der Waals surface area contributed by atoms with Crippen LogP contribution in [0.15, 0.2) is 22.9 Å². The van der Waals surface area contributed by atoms with E-state index < -0.39 is 18.5 Å². The average Bonchev–Trinajstić information content (AvgIpc) is 3.27. The molecule has 1 aliphatic carbocycles. The quantitative estimate of drug-likeness (QED) is 0.924. The van der Waals surface area contributed by atoms with Crippen LogP contribution in [0.4, 0.5) is 13.2 Å². The van der Waals surface area contributed by atoms with E-state index in [4.69, 9.17) is 4.52 Å². The molecule has 2 heterocycles. The van der Waals surface area contributed by atoms with Gasteiger partial charge in [0.2, 0.25) is 0 Å². The van der Waals surface area contributed by atoms with Crippen molar-refractivity contribution in [2.24, 2.45) is 0 Å². The lowest BCUT2D eigenvalue weighted by Crippen LogP contribution is -2.10. The highest BCUT2D eigenvalue weighted by molar-refractivity contribution is 5.66. The van der Waals surface area contributed by atoms with Gasteiger partial charge in [0, 0.05) is 23.2 Å². The Labute approximate surface area is 126 Å². The molecule has 0 amide bonds. The lowest BCUT2D eigenvalue weighted by Gasteiger charge is -2.10. The Morgan fingerprint density at radius 3 is 2.55 bits per heavy atom. The lowest BCUT2D eigenvalue weighted by molar-refractivity contribution is -0.140. The lowest BCUT2D eigenvalue weighted by atomic mass is 10.0. The number of aliphatic hydroxyl groups excluding tert-OH is 1. The Hall–Kier alpha value is -1.89. The third kappa shape index (κ3) is 3.14. The number of rotatable bonds is 3. The van der Waals surface area contributed by atoms with Gasteiger partial charge in [0.25, 0.3) is 0 Å². The summed E-state index contributed by atoms with van der Waals surface area (Å²) < 4.78 is 44.0. The zero-order valence-corrected chi connectivity index (χ0v) is 12.3. The molecule has 22 heavy (non-hydrogen) atoms. The van der Waals surface area contributed by atoms with Crippen LogP contribution in [-0.4, -0.2) is 15.2 Å². The molecule has 0 aromatic carbocycles. The van der Waals surface area contributed by atoms with Crippen LogP contribution in [0.3, 0.4) is 0 Å². The number of aromatic nitrogens is 2. The molecule has 1 fully saturated rings. The monoisotopic (exact) mass is 314 g/mol. The first kappa shape index (κ1) is 16.5.